The smallest absolute Gasteiger partial charge is 0.316 e. The number of nitrogens with zero attached hydrogens (tertiary/aromatic N) is 2. The van der Waals surface area contributed by atoms with Gasteiger partial charge in [-0.3, -0.25) is 4.57 Å². The fourth-order valence-electron chi connectivity index (χ4n) is 1.89. The van der Waals surface area contributed by atoms with E-state index in [1.807, 2.05) is 13.0 Å². The molecule has 1 aromatic heterocycles. The summed E-state index contributed by atoms with van der Waals surface area (Å²) in [6.45, 7) is 3.10. The minimum atomic E-state index is -0.304. The molecule has 0 spiro atoms. The van der Waals surface area contributed by atoms with E-state index < -0.39 is 0 Å². The fourth-order valence-corrected chi connectivity index (χ4v) is 2.89. The quantitative estimate of drug-likeness (QED) is 0.856. The Bertz CT molecular complexity index is 638. The van der Waals surface area contributed by atoms with Crippen LogP contribution in [0.25, 0.3) is 0 Å². The molecule has 0 aliphatic heterocycles. The molecule has 7 heteroatoms. The van der Waals surface area contributed by atoms with E-state index in [2.05, 4.69) is 15.5 Å². The van der Waals surface area contributed by atoms with E-state index in [1.165, 1.54) is 22.4 Å². The number of aromatic nitrogens is 3. The van der Waals surface area contributed by atoms with Crippen LogP contribution in [0.2, 0.25) is 0 Å². The molecule has 0 bridgehead atoms. The molecule has 20 heavy (non-hydrogen) atoms. The van der Waals surface area contributed by atoms with Gasteiger partial charge in [-0.2, -0.15) is 0 Å². The number of benzene rings is 1. The third kappa shape index (κ3) is 3.10. The molecular formula is C13H17FN4OS. The maximum absolute atomic E-state index is 14.0. The molecule has 0 saturated carbocycles. The molecule has 1 aromatic carbocycles. The average molecular weight is 296 g/mol. The van der Waals surface area contributed by atoms with Crippen LogP contribution in [-0.4, -0.2) is 21.8 Å². The summed E-state index contributed by atoms with van der Waals surface area (Å²) < 4.78 is 15.5. The van der Waals surface area contributed by atoms with Crippen molar-refractivity contribution in [3.8, 4) is 0 Å². The van der Waals surface area contributed by atoms with Crippen LogP contribution in [0, 0.1) is 5.82 Å². The van der Waals surface area contributed by atoms with Crippen molar-refractivity contribution in [2.45, 2.75) is 36.5 Å². The van der Waals surface area contributed by atoms with E-state index in [0.717, 1.165) is 12.0 Å². The summed E-state index contributed by atoms with van der Waals surface area (Å²) in [6.07, 6.45) is 0.813. The minimum Gasteiger partial charge on any atom is -0.316 e. The normalized spacial score (nSPS) is 10.9. The van der Waals surface area contributed by atoms with Crippen LogP contribution in [0.4, 0.5) is 4.39 Å². The van der Waals surface area contributed by atoms with Gasteiger partial charge in [0.1, 0.15) is 5.82 Å². The number of nitrogens with one attached hydrogen (secondary N) is 2. The van der Waals surface area contributed by atoms with E-state index in [4.69, 9.17) is 0 Å². The summed E-state index contributed by atoms with van der Waals surface area (Å²) in [4.78, 5) is 12.1. The van der Waals surface area contributed by atoms with Crippen molar-refractivity contribution >= 4 is 11.8 Å². The largest absolute Gasteiger partial charge is 0.343 e. The van der Waals surface area contributed by atoms with Crippen molar-refractivity contribution in [3.63, 3.8) is 0 Å². The Morgan fingerprint density at radius 2 is 2.30 bits per heavy atom. The average Bonchev–Trinajstić information content (AvgIpc) is 2.76. The fraction of sp³-hybridized carbons (Fsp3) is 0.385. The van der Waals surface area contributed by atoms with Gasteiger partial charge >= 0.3 is 5.69 Å². The van der Waals surface area contributed by atoms with Gasteiger partial charge in [0, 0.05) is 13.1 Å². The topological polar surface area (TPSA) is 62.7 Å². The molecular weight excluding hydrogens is 279 g/mol. The van der Waals surface area contributed by atoms with Crippen molar-refractivity contribution in [1.82, 2.24) is 20.1 Å². The Kier molecular flexibility index (Phi) is 4.97. The number of hydrogen-bond donors (Lipinski definition) is 2. The lowest BCUT2D eigenvalue weighted by Gasteiger charge is -2.10. The molecule has 2 rings (SSSR count). The molecule has 0 saturated heterocycles. The first-order valence-electron chi connectivity index (χ1n) is 6.42. The Morgan fingerprint density at radius 3 is 3.00 bits per heavy atom. The van der Waals surface area contributed by atoms with Crippen LogP contribution >= 0.6 is 11.8 Å². The van der Waals surface area contributed by atoms with Crippen molar-refractivity contribution in [2.24, 2.45) is 0 Å². The number of halogens is 1. The Hall–Kier alpha value is -1.60. The summed E-state index contributed by atoms with van der Waals surface area (Å²) in [6, 6.07) is 4.95. The van der Waals surface area contributed by atoms with Gasteiger partial charge in [-0.1, -0.05) is 19.1 Å². The first kappa shape index (κ1) is 14.8. The van der Waals surface area contributed by atoms with Gasteiger partial charge in [-0.05, 0) is 36.9 Å². The van der Waals surface area contributed by atoms with Crippen LogP contribution in [0.3, 0.4) is 0 Å². The number of H-pyrrole nitrogens is 1. The summed E-state index contributed by atoms with van der Waals surface area (Å²) >= 11 is 1.17. The van der Waals surface area contributed by atoms with Crippen molar-refractivity contribution in [1.29, 1.82) is 0 Å². The van der Waals surface area contributed by atoms with Crippen LogP contribution in [-0.2, 0) is 13.1 Å². The third-order valence-corrected chi connectivity index (χ3v) is 3.94. The highest BCUT2D eigenvalue weighted by atomic mass is 32.2. The lowest BCUT2D eigenvalue weighted by molar-refractivity contribution is 0.587. The van der Waals surface area contributed by atoms with Crippen molar-refractivity contribution < 1.29 is 4.39 Å². The molecule has 0 atom stereocenters. The maximum Gasteiger partial charge on any atom is 0.343 e. The van der Waals surface area contributed by atoms with Gasteiger partial charge in [0.05, 0.1) is 4.90 Å². The molecule has 0 radical (unpaired) electrons. The molecule has 2 aromatic rings. The van der Waals surface area contributed by atoms with Crippen LogP contribution in [0.1, 0.15) is 18.9 Å². The van der Waals surface area contributed by atoms with Crippen LogP contribution < -0.4 is 11.0 Å². The van der Waals surface area contributed by atoms with Crippen molar-refractivity contribution in [2.75, 3.05) is 7.05 Å². The molecule has 2 N–H and O–H groups in total. The second-order valence-corrected chi connectivity index (χ2v) is 5.30. The monoisotopic (exact) mass is 296 g/mol. The van der Waals surface area contributed by atoms with Crippen LogP contribution in [0.5, 0.6) is 0 Å². The van der Waals surface area contributed by atoms with Gasteiger partial charge in [0.25, 0.3) is 0 Å². The zero-order valence-electron chi connectivity index (χ0n) is 11.4. The molecule has 0 unspecified atom stereocenters. The summed E-state index contributed by atoms with van der Waals surface area (Å²) in [7, 11) is 1.81. The maximum atomic E-state index is 14.0. The van der Waals surface area contributed by atoms with E-state index in [0.29, 0.717) is 23.1 Å². The number of rotatable bonds is 6. The lowest BCUT2D eigenvalue weighted by Crippen LogP contribution is -2.17. The third-order valence-electron chi connectivity index (χ3n) is 2.78. The van der Waals surface area contributed by atoms with E-state index >= 15 is 0 Å². The second kappa shape index (κ2) is 6.71. The summed E-state index contributed by atoms with van der Waals surface area (Å²) in [5.74, 6) is -0.304. The Morgan fingerprint density at radius 1 is 1.50 bits per heavy atom. The van der Waals surface area contributed by atoms with Gasteiger partial charge < -0.3 is 5.32 Å². The first-order valence-corrected chi connectivity index (χ1v) is 7.24. The van der Waals surface area contributed by atoms with Gasteiger partial charge in [-0.15, -0.1) is 5.10 Å². The predicted octanol–water partition coefficient (Wildman–Crippen LogP) is 1.99. The molecule has 0 amide bonds. The van der Waals surface area contributed by atoms with E-state index in [1.54, 1.807) is 13.1 Å². The molecule has 5 nitrogen and oxygen atoms in total. The predicted molar refractivity (Wildman–Crippen MR) is 76.4 cm³/mol. The second-order valence-electron chi connectivity index (χ2n) is 4.32. The van der Waals surface area contributed by atoms with Gasteiger partial charge in [-0.25, -0.2) is 14.3 Å². The van der Waals surface area contributed by atoms with Gasteiger partial charge in [0.15, 0.2) is 5.16 Å². The molecule has 0 aliphatic carbocycles. The number of hydrogen-bond acceptors (Lipinski definition) is 4. The first-order chi connectivity index (χ1) is 9.67. The molecule has 1 heterocycles. The highest BCUT2D eigenvalue weighted by Crippen LogP contribution is 2.31. The zero-order valence-corrected chi connectivity index (χ0v) is 12.3. The molecule has 108 valence electrons. The van der Waals surface area contributed by atoms with E-state index in [-0.39, 0.29) is 11.5 Å². The molecule has 0 fully saturated rings. The molecule has 0 aliphatic rings. The SMILES string of the molecule is CCCn1c(Sc2c(F)cccc2CNC)n[nH]c1=O. The van der Waals surface area contributed by atoms with Crippen molar-refractivity contribution in [3.05, 3.63) is 40.1 Å². The number of aromatic amines is 1. The highest BCUT2D eigenvalue weighted by Gasteiger charge is 2.15. The van der Waals surface area contributed by atoms with Crippen LogP contribution in [0.15, 0.2) is 33.0 Å². The Balaban J connectivity index is 2.37. The summed E-state index contributed by atoms with van der Waals surface area (Å²) in [5, 5.41) is 9.88. The standard InChI is InChI=1S/C13H17FN4OS/c1-3-7-18-12(19)16-17-13(18)20-11-9(8-15-2)5-4-6-10(11)14/h4-6,15H,3,7-8H2,1-2H3,(H,16,19). The zero-order chi connectivity index (χ0) is 14.5. The lowest BCUT2D eigenvalue weighted by atomic mass is 10.2. The van der Waals surface area contributed by atoms with Gasteiger partial charge in [0.2, 0.25) is 0 Å². The summed E-state index contributed by atoms with van der Waals surface area (Å²) in [5.41, 5.74) is 0.580. The minimum absolute atomic E-state index is 0.263. The Labute approximate surface area is 120 Å². The van der Waals surface area contributed by atoms with E-state index in [9.17, 15) is 9.18 Å². The highest BCUT2D eigenvalue weighted by molar-refractivity contribution is 7.99.